The highest BCUT2D eigenvalue weighted by Crippen LogP contribution is 2.41. The van der Waals surface area contributed by atoms with Crippen LogP contribution in [0.5, 0.6) is 0 Å². The molecule has 5 heteroatoms. The number of aryl methyl sites for hydroxylation is 1. The van der Waals surface area contributed by atoms with E-state index in [1.165, 1.54) is 6.07 Å². The summed E-state index contributed by atoms with van der Waals surface area (Å²) in [4.78, 5) is 0. The Morgan fingerprint density at radius 3 is 2.27 bits per heavy atom. The molecule has 1 heterocycles. The highest BCUT2D eigenvalue weighted by atomic mass is 19.4. The number of halogens is 4. The van der Waals surface area contributed by atoms with Crippen molar-refractivity contribution in [2.24, 2.45) is 11.8 Å². The maximum absolute atomic E-state index is 15.3. The van der Waals surface area contributed by atoms with Crippen molar-refractivity contribution in [3.05, 3.63) is 47.3 Å². The second-order valence-corrected chi connectivity index (χ2v) is 10.2. The number of hydrogen-bond donors (Lipinski definition) is 0. The minimum Gasteiger partial charge on any atom is -0.378 e. The van der Waals surface area contributed by atoms with E-state index in [1.54, 1.807) is 6.07 Å². The molecule has 0 bridgehead atoms. The smallest absolute Gasteiger partial charge is 0.378 e. The van der Waals surface area contributed by atoms with E-state index in [0.717, 1.165) is 64.2 Å². The van der Waals surface area contributed by atoms with E-state index in [9.17, 15) is 13.2 Å². The van der Waals surface area contributed by atoms with Gasteiger partial charge in [0.05, 0.1) is 18.3 Å². The van der Waals surface area contributed by atoms with Crippen LogP contribution in [0.4, 0.5) is 17.6 Å². The summed E-state index contributed by atoms with van der Waals surface area (Å²) in [5, 5.41) is 0. The lowest BCUT2D eigenvalue weighted by Crippen LogP contribution is -2.26. The quantitative estimate of drug-likeness (QED) is 0.246. The Balaban J connectivity index is 1.64. The summed E-state index contributed by atoms with van der Waals surface area (Å²) in [6.45, 7) is 6.20. The van der Waals surface area contributed by atoms with Crippen LogP contribution >= 0.6 is 0 Å². The second kappa shape index (κ2) is 12.4. The molecule has 2 aliphatic rings. The SMILES string of the molecule is C=CCCC1CCC(CCc2ccc(C3CCC(CCCC)OC3)c(F)c2C(F)(F)F)CC1. The Morgan fingerprint density at radius 1 is 1.00 bits per heavy atom. The molecule has 1 aromatic carbocycles. The highest BCUT2D eigenvalue weighted by molar-refractivity contribution is 5.38. The van der Waals surface area contributed by atoms with Crippen LogP contribution in [0, 0.1) is 17.7 Å². The van der Waals surface area contributed by atoms with Gasteiger partial charge in [-0.3, -0.25) is 0 Å². The Kier molecular flexibility index (Phi) is 9.84. The summed E-state index contributed by atoms with van der Waals surface area (Å²) in [5.41, 5.74) is -0.773. The second-order valence-electron chi connectivity index (χ2n) is 10.2. The first-order chi connectivity index (χ1) is 15.8. The standard InChI is InChI=1S/C28H40F4O/c1-3-5-7-20-9-11-21(12-10-20)13-14-22-16-18-25(27(29)26(22)28(30,31)32)23-15-17-24(33-19-23)8-6-4-2/h3,16,18,20-21,23-24H,1,4-15,17,19H2,2H3. The summed E-state index contributed by atoms with van der Waals surface area (Å²) < 4.78 is 62.9. The minimum absolute atomic E-state index is 0.107. The number of ether oxygens (including phenoxy) is 1. The normalized spacial score (nSPS) is 26.3. The molecule has 0 radical (unpaired) electrons. The third-order valence-corrected chi connectivity index (χ3v) is 7.80. The van der Waals surface area contributed by atoms with Gasteiger partial charge in [0.2, 0.25) is 0 Å². The maximum atomic E-state index is 15.3. The lowest BCUT2D eigenvalue weighted by molar-refractivity contribution is -0.140. The van der Waals surface area contributed by atoms with Crippen molar-refractivity contribution in [1.29, 1.82) is 0 Å². The van der Waals surface area contributed by atoms with E-state index in [-0.39, 0.29) is 29.6 Å². The molecule has 2 atom stereocenters. The van der Waals surface area contributed by atoms with Crippen LogP contribution in [0.15, 0.2) is 24.8 Å². The van der Waals surface area contributed by atoms with E-state index in [1.807, 2.05) is 6.08 Å². The molecule has 0 spiro atoms. The Bertz CT molecular complexity index is 741. The zero-order valence-electron chi connectivity index (χ0n) is 20.1. The van der Waals surface area contributed by atoms with Gasteiger partial charge in [-0.1, -0.05) is 63.7 Å². The fraction of sp³-hybridized carbons (Fsp3) is 0.714. The minimum atomic E-state index is -4.68. The Morgan fingerprint density at radius 2 is 1.70 bits per heavy atom. The predicted octanol–water partition coefficient (Wildman–Crippen LogP) is 9.00. The monoisotopic (exact) mass is 468 g/mol. The van der Waals surface area contributed by atoms with Gasteiger partial charge in [0.15, 0.2) is 0 Å². The van der Waals surface area contributed by atoms with E-state index in [4.69, 9.17) is 4.74 Å². The van der Waals surface area contributed by atoms with Gasteiger partial charge in [-0.15, -0.1) is 6.58 Å². The van der Waals surface area contributed by atoms with Gasteiger partial charge in [0.1, 0.15) is 5.82 Å². The molecular weight excluding hydrogens is 428 g/mol. The van der Waals surface area contributed by atoms with Crippen molar-refractivity contribution >= 4 is 0 Å². The molecule has 3 rings (SSSR count). The van der Waals surface area contributed by atoms with Crippen LogP contribution in [0.1, 0.15) is 107 Å². The van der Waals surface area contributed by atoms with Crippen LogP contribution in [-0.2, 0) is 17.3 Å². The van der Waals surface area contributed by atoms with Crippen molar-refractivity contribution in [2.75, 3.05) is 6.61 Å². The predicted molar refractivity (Wildman–Crippen MR) is 126 cm³/mol. The first-order valence-corrected chi connectivity index (χ1v) is 12.9. The topological polar surface area (TPSA) is 9.23 Å². The molecule has 1 nitrogen and oxygen atoms in total. The van der Waals surface area contributed by atoms with E-state index in [0.29, 0.717) is 31.3 Å². The summed E-state index contributed by atoms with van der Waals surface area (Å²) in [5.74, 6) is -0.237. The molecule has 0 amide bonds. The summed E-state index contributed by atoms with van der Waals surface area (Å²) in [7, 11) is 0. The molecular formula is C28H40F4O. The molecule has 1 saturated carbocycles. The molecule has 1 aliphatic heterocycles. The molecule has 1 aliphatic carbocycles. The Labute approximate surface area is 197 Å². The molecule has 186 valence electrons. The third-order valence-electron chi connectivity index (χ3n) is 7.80. The van der Waals surface area contributed by atoms with Crippen LogP contribution in [0.25, 0.3) is 0 Å². The van der Waals surface area contributed by atoms with Gasteiger partial charge in [0, 0.05) is 5.92 Å². The first-order valence-electron chi connectivity index (χ1n) is 12.9. The Hall–Kier alpha value is -1.36. The van der Waals surface area contributed by atoms with Crippen molar-refractivity contribution in [3.8, 4) is 0 Å². The summed E-state index contributed by atoms with van der Waals surface area (Å²) >= 11 is 0. The first kappa shape index (κ1) is 26.2. The molecule has 1 aromatic rings. The molecule has 1 saturated heterocycles. The van der Waals surface area contributed by atoms with Gasteiger partial charge >= 0.3 is 6.18 Å². The van der Waals surface area contributed by atoms with Gasteiger partial charge < -0.3 is 4.74 Å². The fourth-order valence-electron chi connectivity index (χ4n) is 5.70. The average Bonchev–Trinajstić information content (AvgIpc) is 2.80. The van der Waals surface area contributed by atoms with Crippen molar-refractivity contribution in [2.45, 2.75) is 109 Å². The summed E-state index contributed by atoms with van der Waals surface area (Å²) in [6, 6.07) is 3.12. The zero-order valence-corrected chi connectivity index (χ0v) is 20.1. The lowest BCUT2D eigenvalue weighted by Gasteiger charge is -2.31. The van der Waals surface area contributed by atoms with E-state index >= 15 is 4.39 Å². The van der Waals surface area contributed by atoms with Crippen LogP contribution in [0.2, 0.25) is 0 Å². The van der Waals surface area contributed by atoms with Gasteiger partial charge in [-0.25, -0.2) is 4.39 Å². The molecule has 2 fully saturated rings. The number of hydrogen-bond acceptors (Lipinski definition) is 1. The number of benzene rings is 1. The highest BCUT2D eigenvalue weighted by Gasteiger charge is 2.39. The van der Waals surface area contributed by atoms with Crippen molar-refractivity contribution < 1.29 is 22.3 Å². The fourth-order valence-corrected chi connectivity index (χ4v) is 5.70. The van der Waals surface area contributed by atoms with Gasteiger partial charge in [-0.2, -0.15) is 13.2 Å². The van der Waals surface area contributed by atoms with E-state index < -0.39 is 17.6 Å². The van der Waals surface area contributed by atoms with Crippen LogP contribution < -0.4 is 0 Å². The number of rotatable bonds is 10. The number of unbranched alkanes of at least 4 members (excludes halogenated alkanes) is 1. The third kappa shape index (κ3) is 7.31. The lowest BCUT2D eigenvalue weighted by atomic mass is 9.77. The van der Waals surface area contributed by atoms with E-state index in [2.05, 4.69) is 13.5 Å². The molecule has 0 aromatic heterocycles. The van der Waals surface area contributed by atoms with Gasteiger partial charge in [-0.05, 0) is 67.9 Å². The van der Waals surface area contributed by atoms with Crippen molar-refractivity contribution in [1.82, 2.24) is 0 Å². The molecule has 33 heavy (non-hydrogen) atoms. The van der Waals surface area contributed by atoms with Crippen LogP contribution in [-0.4, -0.2) is 12.7 Å². The maximum Gasteiger partial charge on any atom is 0.419 e. The zero-order chi connectivity index (χ0) is 23.8. The molecule has 2 unspecified atom stereocenters. The largest absolute Gasteiger partial charge is 0.419 e. The van der Waals surface area contributed by atoms with Gasteiger partial charge in [0.25, 0.3) is 0 Å². The number of allylic oxidation sites excluding steroid dienone is 1. The summed E-state index contributed by atoms with van der Waals surface area (Å²) in [6.07, 6.45) is 9.57. The number of alkyl halides is 3. The van der Waals surface area contributed by atoms with Crippen LogP contribution in [0.3, 0.4) is 0 Å². The molecule has 0 N–H and O–H groups in total. The average molecular weight is 469 g/mol. The van der Waals surface area contributed by atoms with Crippen molar-refractivity contribution in [3.63, 3.8) is 0 Å².